The number of nitrogens with one attached hydrogen (secondary N) is 1. The van der Waals surface area contributed by atoms with E-state index >= 15 is 0 Å². The van der Waals surface area contributed by atoms with Gasteiger partial charge in [-0.1, -0.05) is 12.1 Å². The summed E-state index contributed by atoms with van der Waals surface area (Å²) in [5.41, 5.74) is 14.5. The average Bonchev–Trinajstić information content (AvgIpc) is 3.64. The molecule has 2 aromatic carbocycles. The van der Waals surface area contributed by atoms with Crippen LogP contribution in [0, 0.1) is 23.0 Å². The Balaban J connectivity index is 0.000000177. The predicted molar refractivity (Wildman–Crippen MR) is 173 cm³/mol. The molecule has 0 saturated carbocycles. The first-order valence-corrected chi connectivity index (χ1v) is 14.5. The second kappa shape index (κ2) is 13.0. The molecule has 12 nitrogen and oxygen atoms in total. The van der Waals surface area contributed by atoms with Crippen molar-refractivity contribution in [2.75, 3.05) is 11.1 Å². The van der Waals surface area contributed by atoms with Crippen LogP contribution in [0.15, 0.2) is 91.5 Å². The molecule has 14 heteroatoms. The van der Waals surface area contributed by atoms with Crippen molar-refractivity contribution in [3.8, 4) is 17.7 Å². The van der Waals surface area contributed by atoms with Crippen molar-refractivity contribution in [3.63, 3.8) is 0 Å². The minimum absolute atomic E-state index is 0.0903. The maximum atomic E-state index is 13.7. The zero-order chi connectivity index (χ0) is 33.1. The molecule has 1 unspecified atom stereocenters. The highest BCUT2D eigenvalue weighted by atomic mass is 19.1. The number of hydrogen-bond acceptors (Lipinski definition) is 10. The summed E-state index contributed by atoms with van der Waals surface area (Å²) in [5, 5.41) is 12.5. The van der Waals surface area contributed by atoms with E-state index in [1.807, 2.05) is 60.9 Å². The SMILES string of the molecule is CC(N)c1nc2ccc(F)cc2n1-c1ccccn1.C[C@H](Nc1ncnc(N)c1C#N)c1nc2cc(F)ccc2n1-c1ccccn1. The van der Waals surface area contributed by atoms with Gasteiger partial charge >= 0.3 is 0 Å². The molecule has 0 aliphatic heterocycles. The average molecular weight is 631 g/mol. The fourth-order valence-electron chi connectivity index (χ4n) is 5.08. The molecule has 0 amide bonds. The van der Waals surface area contributed by atoms with Gasteiger partial charge in [0, 0.05) is 24.5 Å². The van der Waals surface area contributed by atoms with E-state index in [4.69, 9.17) is 11.5 Å². The largest absolute Gasteiger partial charge is 0.382 e. The summed E-state index contributed by atoms with van der Waals surface area (Å²) in [7, 11) is 0. The molecule has 0 fully saturated rings. The van der Waals surface area contributed by atoms with Crippen molar-refractivity contribution in [3.05, 3.63) is 120 Å². The van der Waals surface area contributed by atoms with Gasteiger partial charge in [0.15, 0.2) is 0 Å². The number of imidazole rings is 2. The lowest BCUT2D eigenvalue weighted by Crippen LogP contribution is -2.16. The third-order valence-electron chi connectivity index (χ3n) is 7.18. The molecule has 0 aliphatic carbocycles. The van der Waals surface area contributed by atoms with E-state index in [9.17, 15) is 14.0 Å². The smallest absolute Gasteiger partial charge is 0.150 e. The first-order chi connectivity index (χ1) is 22.7. The highest BCUT2D eigenvalue weighted by Crippen LogP contribution is 2.28. The molecule has 5 heterocycles. The number of nitrogens with two attached hydrogens (primary N) is 2. The summed E-state index contributed by atoms with van der Waals surface area (Å²) in [6.07, 6.45) is 4.64. The number of halogens is 2. The van der Waals surface area contributed by atoms with Crippen molar-refractivity contribution in [2.45, 2.75) is 25.9 Å². The quantitative estimate of drug-likeness (QED) is 0.211. The van der Waals surface area contributed by atoms with Crippen LogP contribution < -0.4 is 16.8 Å². The van der Waals surface area contributed by atoms with Crippen LogP contribution in [0.3, 0.4) is 0 Å². The minimum atomic E-state index is -0.390. The lowest BCUT2D eigenvalue weighted by Gasteiger charge is -2.17. The lowest BCUT2D eigenvalue weighted by atomic mass is 10.2. The van der Waals surface area contributed by atoms with Gasteiger partial charge in [0.2, 0.25) is 0 Å². The number of hydrogen-bond donors (Lipinski definition) is 3. The Morgan fingerprint density at radius 2 is 1.40 bits per heavy atom. The standard InChI is InChI=1S/C19H15FN8.C14H13FN4/c1-11(26-18-13(9-21)17(22)24-10-25-18)19-27-14-8-12(20)5-6-15(14)28(19)16-4-2-3-7-23-16;1-9(16)14-18-11-6-5-10(15)8-12(11)19(14)13-4-2-3-7-17-13/h2-8,10-11H,1H3,(H3,22,24,25,26);2-9H,16H2,1H3/t11-;/m0./s1. The van der Waals surface area contributed by atoms with Gasteiger partial charge in [-0.3, -0.25) is 9.13 Å². The maximum Gasteiger partial charge on any atom is 0.150 e. The molecule has 7 rings (SSSR count). The fourth-order valence-corrected chi connectivity index (χ4v) is 5.08. The summed E-state index contributed by atoms with van der Waals surface area (Å²) in [4.78, 5) is 25.7. The maximum absolute atomic E-state index is 13.7. The number of aromatic nitrogens is 8. The molecule has 234 valence electrons. The zero-order valence-corrected chi connectivity index (χ0v) is 25.3. The van der Waals surface area contributed by atoms with Crippen LogP contribution in [0.1, 0.15) is 43.1 Å². The predicted octanol–water partition coefficient (Wildman–Crippen LogP) is 5.56. The Morgan fingerprint density at radius 3 is 2.04 bits per heavy atom. The van der Waals surface area contributed by atoms with Gasteiger partial charge in [-0.2, -0.15) is 5.26 Å². The first kappa shape index (κ1) is 30.7. The number of rotatable bonds is 6. The summed E-state index contributed by atoms with van der Waals surface area (Å²) in [5.74, 6) is 2.29. The molecule has 0 bridgehead atoms. The van der Waals surface area contributed by atoms with Gasteiger partial charge in [-0.15, -0.1) is 0 Å². The van der Waals surface area contributed by atoms with Crippen LogP contribution >= 0.6 is 0 Å². The highest BCUT2D eigenvalue weighted by Gasteiger charge is 2.21. The number of pyridine rings is 2. The summed E-state index contributed by atoms with van der Waals surface area (Å²) < 4.78 is 30.8. The van der Waals surface area contributed by atoms with E-state index in [1.54, 1.807) is 29.1 Å². The molecule has 0 spiro atoms. The summed E-state index contributed by atoms with van der Waals surface area (Å²) >= 11 is 0. The Hall–Kier alpha value is -6.33. The van der Waals surface area contributed by atoms with Gasteiger partial charge < -0.3 is 16.8 Å². The molecule has 5 aromatic heterocycles. The van der Waals surface area contributed by atoms with E-state index in [-0.39, 0.29) is 35.1 Å². The molecule has 0 radical (unpaired) electrons. The number of benzene rings is 2. The van der Waals surface area contributed by atoms with Gasteiger partial charge in [0.1, 0.15) is 64.5 Å². The first-order valence-electron chi connectivity index (χ1n) is 14.5. The molecular weight excluding hydrogens is 602 g/mol. The van der Waals surface area contributed by atoms with Crippen LogP contribution in [0.5, 0.6) is 0 Å². The number of anilines is 2. The number of nitrogens with zero attached hydrogens (tertiary/aromatic N) is 9. The van der Waals surface area contributed by atoms with Crippen molar-refractivity contribution in [1.82, 2.24) is 39.0 Å². The third-order valence-corrected chi connectivity index (χ3v) is 7.18. The molecule has 0 aliphatic rings. The molecule has 5 N–H and O–H groups in total. The Morgan fingerprint density at radius 1 is 0.766 bits per heavy atom. The molecule has 7 aromatic rings. The van der Waals surface area contributed by atoms with E-state index in [0.717, 1.165) is 0 Å². The van der Waals surface area contributed by atoms with E-state index in [2.05, 4.69) is 35.2 Å². The van der Waals surface area contributed by atoms with E-state index in [0.29, 0.717) is 51.2 Å². The van der Waals surface area contributed by atoms with Crippen LogP contribution in [0.2, 0.25) is 0 Å². The normalized spacial score (nSPS) is 12.3. The highest BCUT2D eigenvalue weighted by molar-refractivity contribution is 5.79. The van der Waals surface area contributed by atoms with Crippen molar-refractivity contribution < 1.29 is 8.78 Å². The monoisotopic (exact) mass is 630 g/mol. The fraction of sp³-hybridized carbons (Fsp3) is 0.121. The van der Waals surface area contributed by atoms with Crippen molar-refractivity contribution in [2.24, 2.45) is 5.73 Å². The van der Waals surface area contributed by atoms with Gasteiger partial charge in [0.25, 0.3) is 0 Å². The molecule has 2 atom stereocenters. The Labute approximate surface area is 267 Å². The second-order valence-corrected chi connectivity index (χ2v) is 10.5. The van der Waals surface area contributed by atoms with Crippen LogP contribution in [-0.4, -0.2) is 39.0 Å². The van der Waals surface area contributed by atoms with Gasteiger partial charge in [-0.25, -0.2) is 38.7 Å². The van der Waals surface area contributed by atoms with Crippen LogP contribution in [0.4, 0.5) is 20.4 Å². The number of nitriles is 1. The topological polar surface area (TPSA) is 175 Å². The Kier molecular flexibility index (Phi) is 8.46. The van der Waals surface area contributed by atoms with Gasteiger partial charge in [-0.05, 0) is 62.4 Å². The van der Waals surface area contributed by atoms with E-state index < -0.39 is 0 Å². The van der Waals surface area contributed by atoms with Crippen LogP contribution in [0.25, 0.3) is 33.7 Å². The molecular formula is C33H28F2N12. The molecule has 47 heavy (non-hydrogen) atoms. The van der Waals surface area contributed by atoms with Crippen molar-refractivity contribution in [1.29, 1.82) is 5.26 Å². The van der Waals surface area contributed by atoms with Crippen LogP contribution in [-0.2, 0) is 0 Å². The number of fused-ring (bicyclic) bond motifs is 2. The third kappa shape index (κ3) is 6.15. The summed E-state index contributed by atoms with van der Waals surface area (Å²) in [6.45, 7) is 3.70. The number of nitrogen functional groups attached to an aromatic ring is 1. The van der Waals surface area contributed by atoms with E-state index in [1.165, 1.54) is 30.6 Å². The molecule has 0 saturated heterocycles. The summed E-state index contributed by atoms with van der Waals surface area (Å²) in [6, 6.07) is 21.3. The zero-order valence-electron chi connectivity index (χ0n) is 25.3. The lowest BCUT2D eigenvalue weighted by molar-refractivity contribution is 0.628. The van der Waals surface area contributed by atoms with Gasteiger partial charge in [0.05, 0.1) is 34.2 Å². The Bertz CT molecular complexity index is 2220. The second-order valence-electron chi connectivity index (χ2n) is 10.5. The minimum Gasteiger partial charge on any atom is -0.382 e. The van der Waals surface area contributed by atoms with Crippen molar-refractivity contribution >= 4 is 33.7 Å².